The van der Waals surface area contributed by atoms with E-state index >= 15 is 0 Å². The molecule has 7 nitrogen and oxygen atoms in total. The highest BCUT2D eigenvalue weighted by molar-refractivity contribution is 5.80. The van der Waals surface area contributed by atoms with E-state index in [-0.39, 0.29) is 11.9 Å². The van der Waals surface area contributed by atoms with Gasteiger partial charge < -0.3 is 14.5 Å². The van der Waals surface area contributed by atoms with Crippen molar-refractivity contribution < 1.29 is 13.9 Å². The Balaban J connectivity index is 1.50. The predicted octanol–water partition coefficient (Wildman–Crippen LogP) is 1.99. The van der Waals surface area contributed by atoms with Crippen LogP contribution in [-0.4, -0.2) is 33.3 Å². The van der Waals surface area contributed by atoms with Crippen LogP contribution in [-0.2, 0) is 11.2 Å². The summed E-state index contributed by atoms with van der Waals surface area (Å²) >= 11 is 0. The van der Waals surface area contributed by atoms with E-state index in [1.54, 1.807) is 24.2 Å². The topological polar surface area (TPSA) is 82.2 Å². The van der Waals surface area contributed by atoms with Crippen LogP contribution in [0.4, 0.5) is 0 Å². The summed E-state index contributed by atoms with van der Waals surface area (Å²) in [4.78, 5) is 16.1. The van der Waals surface area contributed by atoms with Gasteiger partial charge >= 0.3 is 6.01 Å². The minimum Gasteiger partial charge on any atom is -0.469 e. The third-order valence-electron chi connectivity index (χ3n) is 3.39. The van der Waals surface area contributed by atoms with Gasteiger partial charge in [0.15, 0.2) is 6.10 Å². The van der Waals surface area contributed by atoms with Crippen molar-refractivity contribution in [3.63, 3.8) is 0 Å². The van der Waals surface area contributed by atoms with Gasteiger partial charge in [0.25, 0.3) is 5.91 Å². The summed E-state index contributed by atoms with van der Waals surface area (Å²) in [7, 11) is 0. The Morgan fingerprint density at radius 3 is 2.88 bits per heavy atom. The van der Waals surface area contributed by atoms with E-state index in [1.165, 1.54) is 0 Å². The highest BCUT2D eigenvalue weighted by Gasteiger charge is 2.16. The third kappa shape index (κ3) is 4.01. The Kier molecular flexibility index (Phi) is 4.90. The van der Waals surface area contributed by atoms with Crippen molar-refractivity contribution in [3.8, 4) is 11.7 Å². The van der Waals surface area contributed by atoms with Gasteiger partial charge in [-0.15, -0.1) is 5.10 Å². The van der Waals surface area contributed by atoms with Crippen LogP contribution < -0.4 is 10.1 Å². The number of aromatic nitrogens is 3. The highest BCUT2D eigenvalue weighted by atomic mass is 16.5. The average molecular weight is 326 g/mol. The smallest absolute Gasteiger partial charge is 0.336 e. The molecule has 2 aromatic heterocycles. The predicted molar refractivity (Wildman–Crippen MR) is 86.9 cm³/mol. The lowest BCUT2D eigenvalue weighted by atomic mass is 10.3. The molecule has 0 aliphatic heterocycles. The van der Waals surface area contributed by atoms with Crippen LogP contribution in [0, 0.1) is 0 Å². The first-order valence-corrected chi connectivity index (χ1v) is 7.66. The number of furan rings is 1. The fourth-order valence-corrected chi connectivity index (χ4v) is 2.13. The van der Waals surface area contributed by atoms with Gasteiger partial charge in [0.05, 0.1) is 12.0 Å². The Labute approximate surface area is 139 Å². The van der Waals surface area contributed by atoms with Crippen LogP contribution in [0.5, 0.6) is 6.01 Å². The van der Waals surface area contributed by atoms with Crippen molar-refractivity contribution in [2.45, 2.75) is 19.4 Å². The number of benzene rings is 1. The number of ether oxygens (including phenoxy) is 1. The van der Waals surface area contributed by atoms with Gasteiger partial charge in [0.2, 0.25) is 0 Å². The zero-order chi connectivity index (χ0) is 16.8. The van der Waals surface area contributed by atoms with E-state index in [1.807, 2.05) is 42.5 Å². The van der Waals surface area contributed by atoms with Gasteiger partial charge in [-0.05, 0) is 31.2 Å². The molecule has 0 saturated heterocycles. The molecule has 2 heterocycles. The number of amides is 1. The monoisotopic (exact) mass is 326 g/mol. The summed E-state index contributed by atoms with van der Waals surface area (Å²) in [5, 5.41) is 7.01. The maximum Gasteiger partial charge on any atom is 0.336 e. The van der Waals surface area contributed by atoms with E-state index in [2.05, 4.69) is 15.4 Å². The largest absolute Gasteiger partial charge is 0.469 e. The van der Waals surface area contributed by atoms with Gasteiger partial charge in [-0.3, -0.25) is 4.79 Å². The van der Waals surface area contributed by atoms with Crippen LogP contribution in [0.1, 0.15) is 12.7 Å². The van der Waals surface area contributed by atoms with Crippen LogP contribution in [0.25, 0.3) is 5.69 Å². The Morgan fingerprint density at radius 2 is 2.12 bits per heavy atom. The first-order chi connectivity index (χ1) is 11.7. The van der Waals surface area contributed by atoms with Gasteiger partial charge in [-0.2, -0.15) is 4.98 Å². The summed E-state index contributed by atoms with van der Waals surface area (Å²) in [6.07, 6.45) is 3.10. The number of carbonyl (C=O) groups excluding carboxylic acids is 1. The lowest BCUT2D eigenvalue weighted by Gasteiger charge is -2.11. The molecule has 1 unspecified atom stereocenters. The lowest BCUT2D eigenvalue weighted by Crippen LogP contribution is -2.37. The quantitative estimate of drug-likeness (QED) is 0.718. The Bertz CT molecular complexity index is 768. The summed E-state index contributed by atoms with van der Waals surface area (Å²) in [5.74, 6) is 0.602. The molecule has 3 aromatic rings. The Morgan fingerprint density at radius 1 is 1.29 bits per heavy atom. The number of nitrogens with zero attached hydrogens (tertiary/aromatic N) is 3. The van der Waals surface area contributed by atoms with Gasteiger partial charge in [-0.25, -0.2) is 4.68 Å². The fourth-order valence-electron chi connectivity index (χ4n) is 2.13. The first kappa shape index (κ1) is 15.8. The molecule has 7 heteroatoms. The van der Waals surface area contributed by atoms with Crippen molar-refractivity contribution in [1.29, 1.82) is 0 Å². The standard InChI is InChI=1S/C17H18N4O3/c1-13(16(22)18-10-9-15-8-5-11-23-15)24-17-19-12-21(20-17)14-6-3-2-4-7-14/h2-8,11-13H,9-10H2,1H3,(H,18,22). The van der Waals surface area contributed by atoms with Crippen molar-refractivity contribution >= 4 is 5.91 Å². The van der Waals surface area contributed by atoms with Gasteiger partial charge in [0, 0.05) is 13.0 Å². The minimum absolute atomic E-state index is 0.160. The van der Waals surface area contributed by atoms with Crippen LogP contribution >= 0.6 is 0 Å². The Hall–Kier alpha value is -3.09. The molecule has 0 radical (unpaired) electrons. The maximum atomic E-state index is 12.0. The second-order valence-electron chi connectivity index (χ2n) is 5.19. The molecule has 0 saturated carbocycles. The SMILES string of the molecule is CC(Oc1ncn(-c2ccccc2)n1)C(=O)NCCc1ccco1. The fraction of sp³-hybridized carbons (Fsp3) is 0.235. The summed E-state index contributed by atoms with van der Waals surface area (Å²) in [6, 6.07) is 13.4. The minimum atomic E-state index is -0.687. The average Bonchev–Trinajstić information content (AvgIpc) is 3.27. The van der Waals surface area contributed by atoms with Crippen LogP contribution in [0.3, 0.4) is 0 Å². The third-order valence-corrected chi connectivity index (χ3v) is 3.39. The molecule has 0 bridgehead atoms. The second kappa shape index (κ2) is 7.45. The molecule has 24 heavy (non-hydrogen) atoms. The van der Waals surface area contributed by atoms with E-state index < -0.39 is 6.10 Å². The molecule has 0 aliphatic carbocycles. The van der Waals surface area contributed by atoms with Crippen molar-refractivity contribution in [1.82, 2.24) is 20.1 Å². The molecule has 3 rings (SSSR count). The van der Waals surface area contributed by atoms with Gasteiger partial charge in [0.1, 0.15) is 12.1 Å². The molecule has 0 aliphatic rings. The van der Waals surface area contributed by atoms with Crippen molar-refractivity contribution in [3.05, 3.63) is 60.8 Å². The van der Waals surface area contributed by atoms with Crippen LogP contribution in [0.2, 0.25) is 0 Å². The molecule has 0 spiro atoms. The molecule has 0 fully saturated rings. The molecule has 1 atom stereocenters. The first-order valence-electron chi connectivity index (χ1n) is 7.66. The number of hydrogen-bond donors (Lipinski definition) is 1. The van der Waals surface area contributed by atoms with E-state index in [0.29, 0.717) is 13.0 Å². The number of para-hydroxylation sites is 1. The number of nitrogens with one attached hydrogen (secondary N) is 1. The zero-order valence-electron chi connectivity index (χ0n) is 13.3. The van der Waals surface area contributed by atoms with Gasteiger partial charge in [-0.1, -0.05) is 18.2 Å². The summed E-state index contributed by atoms with van der Waals surface area (Å²) < 4.78 is 12.3. The van der Waals surface area contributed by atoms with Crippen LogP contribution in [0.15, 0.2) is 59.5 Å². The lowest BCUT2D eigenvalue weighted by molar-refractivity contribution is -0.127. The number of hydrogen-bond acceptors (Lipinski definition) is 5. The van der Waals surface area contributed by atoms with Crippen molar-refractivity contribution in [2.75, 3.05) is 6.54 Å². The number of carbonyl (C=O) groups is 1. The van der Waals surface area contributed by atoms with E-state index in [9.17, 15) is 4.79 Å². The molecule has 124 valence electrons. The maximum absolute atomic E-state index is 12.0. The normalized spacial score (nSPS) is 11.9. The number of rotatable bonds is 7. The molecule has 1 N–H and O–H groups in total. The molecule has 1 aromatic carbocycles. The highest BCUT2D eigenvalue weighted by Crippen LogP contribution is 2.09. The van der Waals surface area contributed by atoms with E-state index in [0.717, 1.165) is 11.4 Å². The van der Waals surface area contributed by atoms with E-state index in [4.69, 9.17) is 9.15 Å². The molecular weight excluding hydrogens is 308 g/mol. The summed E-state index contributed by atoms with van der Waals surface area (Å²) in [5.41, 5.74) is 0.871. The zero-order valence-corrected chi connectivity index (χ0v) is 13.3. The van der Waals surface area contributed by atoms with Crippen molar-refractivity contribution in [2.24, 2.45) is 0 Å². The molecule has 1 amide bonds. The second-order valence-corrected chi connectivity index (χ2v) is 5.19. The molecular formula is C17H18N4O3. The summed E-state index contributed by atoms with van der Waals surface area (Å²) in [6.45, 7) is 2.14.